The first kappa shape index (κ1) is 19.4. The summed E-state index contributed by atoms with van der Waals surface area (Å²) in [6.45, 7) is 0.462. The van der Waals surface area contributed by atoms with Crippen LogP contribution >= 0.6 is 0 Å². The summed E-state index contributed by atoms with van der Waals surface area (Å²) < 4.78 is 18.8. The third kappa shape index (κ3) is 3.69. The molecule has 2 aliphatic rings. The van der Waals surface area contributed by atoms with Gasteiger partial charge in [0.25, 0.3) is 5.91 Å². The Morgan fingerprint density at radius 1 is 1.23 bits per heavy atom. The van der Waals surface area contributed by atoms with Gasteiger partial charge in [-0.25, -0.2) is 0 Å². The van der Waals surface area contributed by atoms with Crippen LogP contribution in [0, 0.1) is 0 Å². The summed E-state index contributed by atoms with van der Waals surface area (Å²) in [5, 5.41) is 4.25. The molecule has 0 atom stereocenters. The Bertz CT molecular complexity index is 1130. The van der Waals surface area contributed by atoms with Gasteiger partial charge in [0.1, 0.15) is 17.9 Å². The molecule has 0 spiro atoms. The number of ether oxygens (including phenoxy) is 3. The van der Waals surface area contributed by atoms with Crippen molar-refractivity contribution in [1.29, 1.82) is 0 Å². The van der Waals surface area contributed by atoms with Gasteiger partial charge >= 0.3 is 0 Å². The molecule has 0 radical (unpaired) electrons. The fourth-order valence-corrected chi connectivity index (χ4v) is 4.36. The van der Waals surface area contributed by atoms with Gasteiger partial charge in [0.2, 0.25) is 6.79 Å². The summed E-state index contributed by atoms with van der Waals surface area (Å²) >= 11 is 0. The Hall–Kier alpha value is -3.55. The number of aryl methyl sites for hydroxylation is 1. The van der Waals surface area contributed by atoms with Crippen LogP contribution in [0.3, 0.4) is 0 Å². The Balaban J connectivity index is 1.56. The Morgan fingerprint density at radius 3 is 2.77 bits per heavy atom. The van der Waals surface area contributed by atoms with Crippen molar-refractivity contribution in [3.8, 4) is 28.4 Å². The fraction of sp³-hybridized carbons (Fsp3) is 0.348. The molecule has 160 valence electrons. The number of rotatable bonds is 6. The number of aromatic nitrogens is 3. The van der Waals surface area contributed by atoms with Crippen LogP contribution in [-0.4, -0.2) is 27.5 Å². The molecule has 5 rings (SSSR count). The van der Waals surface area contributed by atoms with Crippen molar-refractivity contribution >= 4 is 5.91 Å². The van der Waals surface area contributed by atoms with E-state index in [2.05, 4.69) is 10.1 Å². The molecule has 8 heteroatoms. The number of nitrogens with zero attached hydrogens (tertiary/aromatic N) is 3. The van der Waals surface area contributed by atoms with Crippen molar-refractivity contribution < 1.29 is 19.0 Å². The van der Waals surface area contributed by atoms with E-state index in [0.29, 0.717) is 28.4 Å². The molecule has 0 unspecified atom stereocenters. The van der Waals surface area contributed by atoms with Crippen molar-refractivity contribution in [2.45, 2.75) is 38.2 Å². The molecule has 3 aromatic rings. The number of primary amides is 1. The van der Waals surface area contributed by atoms with Crippen molar-refractivity contribution in [2.75, 3.05) is 6.79 Å². The minimum absolute atomic E-state index is 0.214. The van der Waals surface area contributed by atoms with Gasteiger partial charge in [-0.05, 0) is 30.5 Å². The molecule has 2 aromatic heterocycles. The van der Waals surface area contributed by atoms with Crippen molar-refractivity contribution in [2.24, 2.45) is 12.8 Å². The Kier molecular flexibility index (Phi) is 4.97. The maximum atomic E-state index is 12.6. The molecular weight excluding hydrogens is 396 g/mol. The minimum Gasteiger partial charge on any atom is -0.487 e. The lowest BCUT2D eigenvalue weighted by Gasteiger charge is -2.19. The van der Waals surface area contributed by atoms with Crippen LogP contribution in [0.25, 0.3) is 11.1 Å². The smallest absolute Gasteiger partial charge is 0.254 e. The van der Waals surface area contributed by atoms with Crippen LogP contribution in [-0.2, 0) is 13.7 Å². The second kappa shape index (κ2) is 7.94. The Morgan fingerprint density at radius 2 is 2.03 bits per heavy atom. The van der Waals surface area contributed by atoms with Crippen LogP contribution in [0.5, 0.6) is 17.2 Å². The molecule has 1 aliphatic heterocycles. The first-order valence-electron chi connectivity index (χ1n) is 10.4. The SMILES string of the molecule is Cn1cc(-c2cnc(C3CCCC3)c(C(N)=O)c2OCc2ccc3c(c2)OCO3)cn1. The molecule has 0 saturated heterocycles. The van der Waals surface area contributed by atoms with Gasteiger partial charge in [-0.3, -0.25) is 14.5 Å². The standard InChI is InChI=1S/C23H24N4O4/c1-27-11-16(9-26-27)17-10-25-21(15-4-2-3-5-15)20(23(24)28)22(17)29-12-14-6-7-18-19(8-14)31-13-30-18/h6-11,15H,2-5,12-13H2,1H3,(H2,24,28). The van der Waals surface area contributed by atoms with Crippen molar-refractivity contribution in [3.05, 3.63) is 53.6 Å². The normalized spacial score (nSPS) is 15.4. The van der Waals surface area contributed by atoms with Crippen LogP contribution < -0.4 is 19.9 Å². The van der Waals surface area contributed by atoms with Crippen LogP contribution in [0.2, 0.25) is 0 Å². The fourth-order valence-electron chi connectivity index (χ4n) is 4.36. The number of fused-ring (bicyclic) bond motifs is 1. The second-order valence-electron chi connectivity index (χ2n) is 7.99. The number of pyridine rings is 1. The number of hydrogen-bond donors (Lipinski definition) is 1. The number of benzene rings is 1. The summed E-state index contributed by atoms with van der Waals surface area (Å²) in [7, 11) is 1.84. The highest BCUT2D eigenvalue weighted by Gasteiger charge is 2.29. The zero-order valence-corrected chi connectivity index (χ0v) is 17.3. The number of nitrogens with two attached hydrogens (primary N) is 1. The maximum absolute atomic E-state index is 12.6. The van der Waals surface area contributed by atoms with Gasteiger partial charge in [-0.1, -0.05) is 18.9 Å². The van der Waals surface area contributed by atoms with Crippen LogP contribution in [0.1, 0.15) is 53.2 Å². The molecule has 1 aromatic carbocycles. The largest absolute Gasteiger partial charge is 0.487 e. The number of amides is 1. The first-order chi connectivity index (χ1) is 15.1. The topological polar surface area (TPSA) is 101 Å². The lowest BCUT2D eigenvalue weighted by atomic mass is 9.95. The zero-order chi connectivity index (χ0) is 21.4. The molecular formula is C23H24N4O4. The molecule has 0 bridgehead atoms. The molecule has 3 heterocycles. The van der Waals surface area contributed by atoms with Crippen molar-refractivity contribution in [1.82, 2.24) is 14.8 Å². The monoisotopic (exact) mass is 420 g/mol. The van der Waals surface area contributed by atoms with E-state index in [9.17, 15) is 4.79 Å². The summed E-state index contributed by atoms with van der Waals surface area (Å²) in [5.74, 6) is 1.55. The van der Waals surface area contributed by atoms with Gasteiger partial charge in [0.05, 0.1) is 11.9 Å². The highest BCUT2D eigenvalue weighted by atomic mass is 16.7. The molecule has 1 fully saturated rings. The molecule has 31 heavy (non-hydrogen) atoms. The van der Waals surface area contributed by atoms with E-state index < -0.39 is 5.91 Å². The van der Waals surface area contributed by atoms with E-state index in [-0.39, 0.29) is 19.3 Å². The molecule has 8 nitrogen and oxygen atoms in total. The lowest BCUT2D eigenvalue weighted by molar-refractivity contribution is 0.0994. The number of carbonyl (C=O) groups is 1. The van der Waals surface area contributed by atoms with Gasteiger partial charge in [-0.2, -0.15) is 5.10 Å². The number of hydrogen-bond acceptors (Lipinski definition) is 6. The average molecular weight is 420 g/mol. The van der Waals surface area contributed by atoms with Gasteiger partial charge in [-0.15, -0.1) is 0 Å². The lowest BCUT2D eigenvalue weighted by Crippen LogP contribution is -2.19. The summed E-state index contributed by atoms with van der Waals surface area (Å²) in [5.41, 5.74) is 9.38. The zero-order valence-electron chi connectivity index (χ0n) is 17.3. The predicted molar refractivity (Wildman–Crippen MR) is 113 cm³/mol. The molecule has 2 N–H and O–H groups in total. The summed E-state index contributed by atoms with van der Waals surface area (Å²) in [4.78, 5) is 17.3. The van der Waals surface area contributed by atoms with Gasteiger partial charge < -0.3 is 19.9 Å². The quantitative estimate of drug-likeness (QED) is 0.654. The summed E-state index contributed by atoms with van der Waals surface area (Å²) in [6.07, 6.45) is 9.62. The highest BCUT2D eigenvalue weighted by molar-refractivity contribution is 5.99. The highest BCUT2D eigenvalue weighted by Crippen LogP contribution is 2.41. The third-order valence-corrected chi connectivity index (χ3v) is 5.88. The van der Waals surface area contributed by atoms with Crippen molar-refractivity contribution in [3.63, 3.8) is 0 Å². The molecule has 1 saturated carbocycles. The molecule has 1 aliphatic carbocycles. The average Bonchev–Trinajstić information content (AvgIpc) is 3.52. The minimum atomic E-state index is -0.527. The van der Waals surface area contributed by atoms with E-state index in [1.807, 2.05) is 31.4 Å². The number of carbonyl (C=O) groups excluding carboxylic acids is 1. The predicted octanol–water partition coefficient (Wildman–Crippen LogP) is 3.55. The van der Waals surface area contributed by atoms with E-state index >= 15 is 0 Å². The van der Waals surface area contributed by atoms with E-state index in [4.69, 9.17) is 19.9 Å². The van der Waals surface area contributed by atoms with E-state index in [0.717, 1.165) is 42.5 Å². The third-order valence-electron chi connectivity index (χ3n) is 5.88. The van der Waals surface area contributed by atoms with E-state index in [1.165, 1.54) is 0 Å². The molecule has 1 amide bonds. The van der Waals surface area contributed by atoms with Crippen LogP contribution in [0.15, 0.2) is 36.8 Å². The van der Waals surface area contributed by atoms with Gasteiger partial charge in [0.15, 0.2) is 11.5 Å². The Labute approximate surface area is 179 Å². The van der Waals surface area contributed by atoms with Gasteiger partial charge in [0, 0.05) is 36.5 Å². The maximum Gasteiger partial charge on any atom is 0.254 e. The van der Waals surface area contributed by atoms with E-state index in [1.54, 1.807) is 17.1 Å². The van der Waals surface area contributed by atoms with Crippen LogP contribution in [0.4, 0.5) is 0 Å². The first-order valence-corrected chi connectivity index (χ1v) is 10.4. The summed E-state index contributed by atoms with van der Waals surface area (Å²) in [6, 6.07) is 5.66. The second-order valence-corrected chi connectivity index (χ2v) is 7.99.